The van der Waals surface area contributed by atoms with Crippen LogP contribution in [0.2, 0.25) is 0 Å². The molecule has 1 heterocycles. The highest BCUT2D eigenvalue weighted by molar-refractivity contribution is 7.18. The molecule has 0 aliphatic heterocycles. The number of amides is 2. The van der Waals surface area contributed by atoms with Crippen LogP contribution < -0.4 is 10.1 Å². The van der Waals surface area contributed by atoms with E-state index in [1.807, 2.05) is 55.5 Å². The van der Waals surface area contributed by atoms with Gasteiger partial charge >= 0.3 is 6.03 Å². The second kappa shape index (κ2) is 7.98. The van der Waals surface area contributed by atoms with Crippen LogP contribution >= 0.6 is 11.3 Å². The van der Waals surface area contributed by atoms with E-state index >= 15 is 0 Å². The monoisotopic (exact) mass is 355 g/mol. The number of benzene rings is 2. The predicted octanol–water partition coefficient (Wildman–Crippen LogP) is 4.04. The van der Waals surface area contributed by atoms with Gasteiger partial charge in [-0.1, -0.05) is 24.3 Å². The summed E-state index contributed by atoms with van der Waals surface area (Å²) in [4.78, 5) is 18.5. The average Bonchev–Trinajstić information content (AvgIpc) is 3.04. The Kier molecular flexibility index (Phi) is 5.50. The number of carbonyl (C=O) groups is 1. The van der Waals surface area contributed by atoms with Gasteiger partial charge in [-0.15, -0.1) is 11.3 Å². The number of ether oxygens (including phenoxy) is 1. The van der Waals surface area contributed by atoms with Gasteiger partial charge in [0.25, 0.3) is 0 Å². The molecule has 1 N–H and O–H groups in total. The molecule has 0 unspecified atom stereocenters. The molecule has 25 heavy (non-hydrogen) atoms. The van der Waals surface area contributed by atoms with Gasteiger partial charge in [0.05, 0.1) is 23.4 Å². The van der Waals surface area contributed by atoms with Crippen molar-refractivity contribution in [3.05, 3.63) is 59.1 Å². The Labute approximate surface area is 151 Å². The molecule has 1 aromatic heterocycles. The third-order valence-electron chi connectivity index (χ3n) is 3.73. The van der Waals surface area contributed by atoms with Crippen LogP contribution in [0.1, 0.15) is 17.5 Å². The molecule has 0 aliphatic carbocycles. The molecule has 6 heteroatoms. The van der Waals surface area contributed by atoms with Gasteiger partial charge in [0, 0.05) is 13.6 Å². The Morgan fingerprint density at radius 3 is 2.68 bits per heavy atom. The Bertz CT molecular complexity index is 812. The fraction of sp³-hybridized carbons (Fsp3) is 0.263. The van der Waals surface area contributed by atoms with Crippen molar-refractivity contribution in [3.63, 3.8) is 0 Å². The minimum atomic E-state index is -0.117. The quantitative estimate of drug-likeness (QED) is 0.726. The number of urea groups is 1. The number of fused-ring (bicyclic) bond motifs is 1. The summed E-state index contributed by atoms with van der Waals surface area (Å²) in [5, 5.41) is 3.83. The second-order valence-corrected chi connectivity index (χ2v) is 6.78. The van der Waals surface area contributed by atoms with E-state index in [1.165, 1.54) is 0 Å². The van der Waals surface area contributed by atoms with Crippen LogP contribution in [-0.4, -0.2) is 29.6 Å². The first kappa shape index (κ1) is 17.2. The van der Waals surface area contributed by atoms with Gasteiger partial charge in [-0.05, 0) is 36.8 Å². The molecule has 0 radical (unpaired) electrons. The molecule has 0 fully saturated rings. The number of para-hydroxylation sites is 1. The maximum absolute atomic E-state index is 12.3. The Morgan fingerprint density at radius 1 is 1.20 bits per heavy atom. The summed E-state index contributed by atoms with van der Waals surface area (Å²) in [6, 6.07) is 15.7. The van der Waals surface area contributed by atoms with E-state index in [0.29, 0.717) is 19.7 Å². The van der Waals surface area contributed by atoms with Crippen molar-refractivity contribution in [2.75, 3.05) is 13.7 Å². The summed E-state index contributed by atoms with van der Waals surface area (Å²) in [5.41, 5.74) is 2.03. The summed E-state index contributed by atoms with van der Waals surface area (Å²) in [6.45, 7) is 3.58. The lowest BCUT2D eigenvalue weighted by molar-refractivity contribution is 0.206. The number of hydrogen-bond donors (Lipinski definition) is 1. The third-order valence-corrected chi connectivity index (χ3v) is 4.77. The van der Waals surface area contributed by atoms with Gasteiger partial charge in [-0.25, -0.2) is 9.78 Å². The molecule has 130 valence electrons. The largest absolute Gasteiger partial charge is 0.494 e. The van der Waals surface area contributed by atoms with Crippen molar-refractivity contribution in [3.8, 4) is 5.75 Å². The van der Waals surface area contributed by atoms with E-state index < -0.39 is 0 Å². The summed E-state index contributed by atoms with van der Waals surface area (Å²) >= 11 is 1.60. The Balaban J connectivity index is 1.53. The third kappa shape index (κ3) is 4.48. The smallest absolute Gasteiger partial charge is 0.317 e. The number of thiazole rings is 1. The van der Waals surface area contributed by atoms with E-state index in [-0.39, 0.29) is 6.03 Å². The van der Waals surface area contributed by atoms with Crippen LogP contribution in [0, 0.1) is 0 Å². The normalized spacial score (nSPS) is 10.6. The zero-order valence-corrected chi connectivity index (χ0v) is 15.2. The van der Waals surface area contributed by atoms with E-state index in [1.54, 1.807) is 23.3 Å². The molecule has 0 aliphatic rings. The number of nitrogens with zero attached hydrogens (tertiary/aromatic N) is 2. The number of aromatic nitrogens is 1. The van der Waals surface area contributed by atoms with Gasteiger partial charge in [0.15, 0.2) is 0 Å². The zero-order chi connectivity index (χ0) is 17.6. The molecule has 3 rings (SSSR count). The minimum Gasteiger partial charge on any atom is -0.494 e. The molecule has 5 nitrogen and oxygen atoms in total. The fourth-order valence-corrected chi connectivity index (χ4v) is 3.39. The number of hydrogen-bond acceptors (Lipinski definition) is 4. The molecule has 0 saturated heterocycles. The van der Waals surface area contributed by atoms with Gasteiger partial charge in [-0.2, -0.15) is 0 Å². The molecular formula is C19H21N3O2S. The molecular weight excluding hydrogens is 334 g/mol. The van der Waals surface area contributed by atoms with Crippen LogP contribution in [0.5, 0.6) is 5.75 Å². The van der Waals surface area contributed by atoms with Crippen molar-refractivity contribution in [2.24, 2.45) is 0 Å². The van der Waals surface area contributed by atoms with E-state index in [9.17, 15) is 4.79 Å². The highest BCUT2D eigenvalue weighted by Gasteiger charge is 2.10. The average molecular weight is 355 g/mol. The van der Waals surface area contributed by atoms with Crippen molar-refractivity contribution in [1.82, 2.24) is 15.2 Å². The van der Waals surface area contributed by atoms with Crippen LogP contribution in [0.4, 0.5) is 4.79 Å². The minimum absolute atomic E-state index is 0.117. The summed E-state index contributed by atoms with van der Waals surface area (Å²) in [6.07, 6.45) is 0. The number of carbonyl (C=O) groups excluding carboxylic acids is 1. The number of nitrogens with one attached hydrogen (secondary N) is 1. The SMILES string of the molecule is CCOc1ccc(CN(C)C(=O)NCc2nc3ccccc3s2)cc1. The topological polar surface area (TPSA) is 54.5 Å². The lowest BCUT2D eigenvalue weighted by Crippen LogP contribution is -2.36. The maximum atomic E-state index is 12.3. The van der Waals surface area contributed by atoms with E-state index in [2.05, 4.69) is 10.3 Å². The fourth-order valence-electron chi connectivity index (χ4n) is 2.49. The first-order valence-corrected chi connectivity index (χ1v) is 9.02. The Hall–Kier alpha value is -2.60. The standard InChI is InChI=1S/C19H21N3O2S/c1-3-24-15-10-8-14(9-11-15)13-22(2)19(23)20-12-18-21-16-6-4-5-7-17(16)25-18/h4-11H,3,12-13H2,1-2H3,(H,20,23). The van der Waals surface area contributed by atoms with Gasteiger partial charge in [-0.3, -0.25) is 0 Å². The van der Waals surface area contributed by atoms with Crippen molar-refractivity contribution in [1.29, 1.82) is 0 Å². The molecule has 2 aromatic carbocycles. The van der Waals surface area contributed by atoms with Gasteiger partial charge in [0.2, 0.25) is 0 Å². The van der Waals surface area contributed by atoms with Crippen LogP contribution in [0.25, 0.3) is 10.2 Å². The van der Waals surface area contributed by atoms with E-state index in [0.717, 1.165) is 26.5 Å². The summed E-state index contributed by atoms with van der Waals surface area (Å²) < 4.78 is 6.56. The zero-order valence-electron chi connectivity index (χ0n) is 14.4. The van der Waals surface area contributed by atoms with Gasteiger partial charge in [0.1, 0.15) is 10.8 Å². The molecule has 0 atom stereocenters. The lowest BCUT2D eigenvalue weighted by Gasteiger charge is -2.18. The molecule has 2 amide bonds. The van der Waals surface area contributed by atoms with Crippen LogP contribution in [-0.2, 0) is 13.1 Å². The summed E-state index contributed by atoms with van der Waals surface area (Å²) in [5.74, 6) is 0.842. The summed E-state index contributed by atoms with van der Waals surface area (Å²) in [7, 11) is 1.78. The maximum Gasteiger partial charge on any atom is 0.317 e. The van der Waals surface area contributed by atoms with Crippen molar-refractivity contribution in [2.45, 2.75) is 20.0 Å². The molecule has 0 spiro atoms. The molecule has 3 aromatic rings. The first-order valence-electron chi connectivity index (χ1n) is 8.21. The predicted molar refractivity (Wildman–Crippen MR) is 101 cm³/mol. The van der Waals surface area contributed by atoms with E-state index in [4.69, 9.17) is 4.74 Å². The van der Waals surface area contributed by atoms with Crippen molar-refractivity contribution < 1.29 is 9.53 Å². The first-order chi connectivity index (χ1) is 12.2. The number of rotatable bonds is 6. The second-order valence-electron chi connectivity index (χ2n) is 5.67. The van der Waals surface area contributed by atoms with Crippen molar-refractivity contribution >= 4 is 27.6 Å². The Morgan fingerprint density at radius 2 is 1.96 bits per heavy atom. The van der Waals surface area contributed by atoms with Crippen LogP contribution in [0.3, 0.4) is 0 Å². The van der Waals surface area contributed by atoms with Gasteiger partial charge < -0.3 is 15.0 Å². The molecule has 0 bridgehead atoms. The van der Waals surface area contributed by atoms with Crippen LogP contribution in [0.15, 0.2) is 48.5 Å². The highest BCUT2D eigenvalue weighted by Crippen LogP contribution is 2.21. The highest BCUT2D eigenvalue weighted by atomic mass is 32.1. The lowest BCUT2D eigenvalue weighted by atomic mass is 10.2. The molecule has 0 saturated carbocycles.